The first-order valence-electron chi connectivity index (χ1n) is 13.1. The number of hydrogen-bond acceptors (Lipinski definition) is 8. The van der Waals surface area contributed by atoms with E-state index in [4.69, 9.17) is 20.9 Å². The SMILES string of the molecule is COc1ccc(NC(=O)C2CCN(Cc3nc(-c4ccccc4Cl)no3)CC2)cc1S(=O)(=O)N1CCCCC1. The topological polar surface area (TPSA) is 118 Å². The quantitative estimate of drug-likeness (QED) is 0.421. The number of amides is 1. The molecule has 2 fully saturated rings. The van der Waals surface area contributed by atoms with E-state index in [0.717, 1.165) is 24.8 Å². The highest BCUT2D eigenvalue weighted by Gasteiger charge is 2.30. The number of rotatable bonds is 8. The molecule has 0 radical (unpaired) electrons. The van der Waals surface area contributed by atoms with Crippen LogP contribution in [-0.4, -0.2) is 67.0 Å². The van der Waals surface area contributed by atoms with Crippen LogP contribution in [0.1, 0.15) is 38.0 Å². The number of likely N-dealkylation sites (tertiary alicyclic amines) is 1. The minimum Gasteiger partial charge on any atom is -0.495 e. The third-order valence-electron chi connectivity index (χ3n) is 7.26. The van der Waals surface area contributed by atoms with Crippen LogP contribution in [0.4, 0.5) is 5.69 Å². The Bertz CT molecular complexity index is 1420. The molecule has 2 aliphatic rings. The van der Waals surface area contributed by atoms with Crippen molar-refractivity contribution in [3.63, 3.8) is 0 Å². The van der Waals surface area contributed by atoms with E-state index in [9.17, 15) is 13.2 Å². The Hall–Kier alpha value is -2.99. The van der Waals surface area contributed by atoms with Crippen molar-refractivity contribution in [2.45, 2.75) is 43.5 Å². The van der Waals surface area contributed by atoms with Gasteiger partial charge in [-0.25, -0.2) is 8.42 Å². The highest BCUT2D eigenvalue weighted by atomic mass is 35.5. The van der Waals surface area contributed by atoms with Gasteiger partial charge in [-0.3, -0.25) is 9.69 Å². The third kappa shape index (κ3) is 6.27. The van der Waals surface area contributed by atoms with Gasteiger partial charge in [0.2, 0.25) is 27.6 Å². The van der Waals surface area contributed by atoms with Gasteiger partial charge < -0.3 is 14.6 Å². The Morgan fingerprint density at radius 2 is 1.85 bits per heavy atom. The number of piperidine rings is 2. The minimum absolute atomic E-state index is 0.0789. The van der Waals surface area contributed by atoms with Crippen LogP contribution in [0.5, 0.6) is 5.75 Å². The highest BCUT2D eigenvalue weighted by molar-refractivity contribution is 7.89. The Labute approximate surface area is 233 Å². The maximum absolute atomic E-state index is 13.3. The molecule has 2 aromatic carbocycles. The van der Waals surface area contributed by atoms with Crippen molar-refractivity contribution in [2.75, 3.05) is 38.6 Å². The summed E-state index contributed by atoms with van der Waals surface area (Å²) < 4.78 is 38.9. The highest BCUT2D eigenvalue weighted by Crippen LogP contribution is 2.32. The van der Waals surface area contributed by atoms with Gasteiger partial charge >= 0.3 is 0 Å². The van der Waals surface area contributed by atoms with Crippen LogP contribution in [0.3, 0.4) is 0 Å². The van der Waals surface area contributed by atoms with E-state index in [1.807, 2.05) is 18.2 Å². The van der Waals surface area contributed by atoms with Crippen LogP contribution in [0.25, 0.3) is 11.4 Å². The standard InChI is InChI=1S/C27H32ClN5O5S/c1-37-23-10-9-20(17-24(23)39(35,36)33-13-5-2-6-14-33)29-27(34)19-11-15-32(16-12-19)18-25-30-26(31-38-25)21-7-3-4-8-22(21)28/h3-4,7-10,17,19H,2,5-6,11-16,18H2,1H3,(H,29,34). The summed E-state index contributed by atoms with van der Waals surface area (Å²) in [5.41, 5.74) is 1.16. The Morgan fingerprint density at radius 3 is 2.56 bits per heavy atom. The summed E-state index contributed by atoms with van der Waals surface area (Å²) in [6.07, 6.45) is 4.02. The number of carbonyl (C=O) groups excluding carboxylic acids is 1. The second-order valence-electron chi connectivity index (χ2n) is 9.86. The smallest absolute Gasteiger partial charge is 0.246 e. The lowest BCUT2D eigenvalue weighted by Gasteiger charge is -2.30. The minimum atomic E-state index is -3.72. The molecule has 0 atom stereocenters. The maximum atomic E-state index is 13.3. The zero-order valence-corrected chi connectivity index (χ0v) is 23.4. The van der Waals surface area contributed by atoms with Gasteiger partial charge in [-0.2, -0.15) is 9.29 Å². The molecule has 1 amide bonds. The van der Waals surface area contributed by atoms with E-state index in [2.05, 4.69) is 20.4 Å². The maximum Gasteiger partial charge on any atom is 0.246 e. The number of hydrogen-bond donors (Lipinski definition) is 1. The summed E-state index contributed by atoms with van der Waals surface area (Å²) in [5.74, 6) is 0.900. The molecule has 0 aliphatic carbocycles. The van der Waals surface area contributed by atoms with Crippen molar-refractivity contribution in [1.82, 2.24) is 19.3 Å². The van der Waals surface area contributed by atoms with E-state index >= 15 is 0 Å². The second kappa shape index (κ2) is 12.0. The van der Waals surface area contributed by atoms with Crippen LogP contribution >= 0.6 is 11.6 Å². The molecular formula is C27H32ClN5O5S. The average molecular weight is 574 g/mol. The molecular weight excluding hydrogens is 542 g/mol. The summed E-state index contributed by atoms with van der Waals surface area (Å²) in [4.78, 5) is 19.8. The average Bonchev–Trinajstić information content (AvgIpc) is 3.42. The van der Waals surface area contributed by atoms with Gasteiger partial charge in [-0.15, -0.1) is 0 Å². The molecule has 0 unspecified atom stereocenters. The predicted octanol–water partition coefficient (Wildman–Crippen LogP) is 4.42. The van der Waals surface area contributed by atoms with E-state index in [-0.39, 0.29) is 22.5 Å². The second-order valence-corrected chi connectivity index (χ2v) is 12.2. The van der Waals surface area contributed by atoms with Crippen molar-refractivity contribution >= 4 is 33.2 Å². The molecule has 0 saturated carbocycles. The van der Waals surface area contributed by atoms with Crippen LogP contribution in [0.15, 0.2) is 51.9 Å². The van der Waals surface area contributed by atoms with E-state index in [1.54, 1.807) is 18.2 Å². The van der Waals surface area contributed by atoms with Gasteiger partial charge in [0, 0.05) is 30.3 Å². The molecule has 208 valence electrons. The zero-order valence-electron chi connectivity index (χ0n) is 21.8. The van der Waals surface area contributed by atoms with Gasteiger partial charge in [-0.1, -0.05) is 35.3 Å². The van der Waals surface area contributed by atoms with Crippen molar-refractivity contribution in [3.05, 3.63) is 53.4 Å². The molecule has 1 aromatic heterocycles. The lowest BCUT2D eigenvalue weighted by atomic mass is 9.96. The van der Waals surface area contributed by atoms with Crippen molar-refractivity contribution in [3.8, 4) is 17.1 Å². The first kappa shape index (κ1) is 27.6. The fourth-order valence-electron chi connectivity index (χ4n) is 5.06. The molecule has 1 N–H and O–H groups in total. The Kier molecular flexibility index (Phi) is 8.51. The number of nitrogens with one attached hydrogen (secondary N) is 1. The normalized spacial score (nSPS) is 17.7. The molecule has 0 bridgehead atoms. The molecule has 5 rings (SSSR count). The number of ether oxygens (including phenoxy) is 1. The number of benzene rings is 2. The summed E-state index contributed by atoms with van der Waals surface area (Å²) in [5, 5.41) is 7.53. The van der Waals surface area contributed by atoms with Crippen molar-refractivity contribution < 1.29 is 22.5 Å². The molecule has 12 heteroatoms. The van der Waals surface area contributed by atoms with Gasteiger partial charge in [0.1, 0.15) is 10.6 Å². The largest absolute Gasteiger partial charge is 0.495 e. The molecule has 2 aliphatic heterocycles. The Balaban J connectivity index is 1.18. The van der Waals surface area contributed by atoms with Crippen molar-refractivity contribution in [1.29, 1.82) is 0 Å². The fourth-order valence-corrected chi connectivity index (χ4v) is 6.98. The van der Waals surface area contributed by atoms with Crippen LogP contribution in [-0.2, 0) is 21.4 Å². The number of carbonyl (C=O) groups is 1. The van der Waals surface area contributed by atoms with E-state index < -0.39 is 10.0 Å². The van der Waals surface area contributed by atoms with E-state index in [1.165, 1.54) is 17.5 Å². The summed E-state index contributed by atoms with van der Waals surface area (Å²) >= 11 is 6.24. The molecule has 3 heterocycles. The number of halogens is 1. The van der Waals surface area contributed by atoms with Crippen LogP contribution in [0.2, 0.25) is 5.02 Å². The zero-order chi connectivity index (χ0) is 27.4. The van der Waals surface area contributed by atoms with Crippen LogP contribution < -0.4 is 10.1 Å². The number of sulfonamides is 1. The lowest BCUT2D eigenvalue weighted by molar-refractivity contribution is -0.121. The molecule has 0 spiro atoms. The first-order valence-corrected chi connectivity index (χ1v) is 15.0. The number of anilines is 1. The Morgan fingerprint density at radius 1 is 1.10 bits per heavy atom. The third-order valence-corrected chi connectivity index (χ3v) is 9.51. The van der Waals surface area contributed by atoms with Gasteiger partial charge in [0.15, 0.2) is 0 Å². The number of methoxy groups -OCH3 is 1. The van der Waals surface area contributed by atoms with Gasteiger partial charge in [-0.05, 0) is 69.1 Å². The summed E-state index contributed by atoms with van der Waals surface area (Å²) in [7, 11) is -2.27. The summed E-state index contributed by atoms with van der Waals surface area (Å²) in [6.45, 7) is 2.86. The fraction of sp³-hybridized carbons (Fsp3) is 0.444. The molecule has 39 heavy (non-hydrogen) atoms. The van der Waals surface area contributed by atoms with Crippen LogP contribution in [0, 0.1) is 5.92 Å². The molecule has 3 aromatic rings. The van der Waals surface area contributed by atoms with Gasteiger partial charge in [0.25, 0.3) is 0 Å². The number of nitrogens with zero attached hydrogens (tertiary/aromatic N) is 4. The monoisotopic (exact) mass is 573 g/mol. The molecule has 2 saturated heterocycles. The lowest BCUT2D eigenvalue weighted by Crippen LogP contribution is -2.38. The first-order chi connectivity index (χ1) is 18.8. The predicted molar refractivity (Wildman–Crippen MR) is 147 cm³/mol. The number of aromatic nitrogens is 2. The van der Waals surface area contributed by atoms with Gasteiger partial charge in [0.05, 0.1) is 18.7 Å². The van der Waals surface area contributed by atoms with Crippen molar-refractivity contribution in [2.24, 2.45) is 5.92 Å². The van der Waals surface area contributed by atoms with E-state index in [0.29, 0.717) is 68.0 Å². The summed E-state index contributed by atoms with van der Waals surface area (Å²) in [6, 6.07) is 12.1. The molecule has 10 nitrogen and oxygen atoms in total.